The van der Waals surface area contributed by atoms with Crippen molar-refractivity contribution in [1.82, 2.24) is 0 Å². The highest BCUT2D eigenvalue weighted by Crippen LogP contribution is 2.57. The lowest BCUT2D eigenvalue weighted by atomic mass is 9.61. The second-order valence-corrected chi connectivity index (χ2v) is 4.98. The number of Topliss-reactive ketones (excluding diaryl/α,β-unsaturated/α-hetero) is 1. The monoisotopic (exact) mass is 152 g/mol. The van der Waals surface area contributed by atoms with Gasteiger partial charge >= 0.3 is 0 Å². The Morgan fingerprint density at radius 3 is 2.45 bits per heavy atom. The lowest BCUT2D eigenvalue weighted by Gasteiger charge is -2.42. The van der Waals surface area contributed by atoms with Crippen LogP contribution in [0.2, 0.25) is 0 Å². The molecule has 1 nitrogen and oxygen atoms in total. The number of hydrogen-bond donors (Lipinski definition) is 0. The molecule has 0 aromatic rings. The number of ketones is 1. The Morgan fingerprint density at radius 1 is 1.45 bits per heavy atom. The maximum Gasteiger partial charge on any atom is 0.137 e. The minimum Gasteiger partial charge on any atom is -0.299 e. The van der Waals surface area contributed by atoms with Crippen LogP contribution in [0.15, 0.2) is 0 Å². The van der Waals surface area contributed by atoms with Gasteiger partial charge in [-0.1, -0.05) is 20.8 Å². The minimum absolute atomic E-state index is 0.314. The molecule has 11 heavy (non-hydrogen) atoms. The van der Waals surface area contributed by atoms with E-state index in [1.54, 1.807) is 0 Å². The highest BCUT2D eigenvalue weighted by atomic mass is 16.1. The van der Waals surface area contributed by atoms with Crippen LogP contribution in [-0.4, -0.2) is 5.78 Å². The molecule has 2 rings (SSSR count). The first-order valence-electron chi connectivity index (χ1n) is 4.55. The molecule has 2 saturated carbocycles. The lowest BCUT2D eigenvalue weighted by molar-refractivity contribution is -0.125. The van der Waals surface area contributed by atoms with Gasteiger partial charge in [0.25, 0.3) is 0 Å². The molecule has 0 radical (unpaired) electrons. The first-order chi connectivity index (χ1) is 5.02. The van der Waals surface area contributed by atoms with Crippen molar-refractivity contribution in [3.63, 3.8) is 0 Å². The van der Waals surface area contributed by atoms with Gasteiger partial charge in [0.15, 0.2) is 0 Å². The summed E-state index contributed by atoms with van der Waals surface area (Å²) < 4.78 is 0. The molecule has 0 N–H and O–H groups in total. The summed E-state index contributed by atoms with van der Waals surface area (Å²) in [5.74, 6) is 2.35. The third kappa shape index (κ3) is 0.800. The van der Waals surface area contributed by atoms with Gasteiger partial charge in [0.05, 0.1) is 0 Å². The summed E-state index contributed by atoms with van der Waals surface area (Å²) in [5, 5.41) is 0. The highest BCUT2D eigenvalue weighted by molar-refractivity contribution is 5.86. The molecule has 2 fully saturated rings. The zero-order valence-electron chi connectivity index (χ0n) is 7.55. The molecule has 1 heteroatoms. The molecule has 0 aliphatic heterocycles. The average molecular weight is 152 g/mol. The smallest absolute Gasteiger partial charge is 0.137 e. The van der Waals surface area contributed by atoms with Gasteiger partial charge in [-0.2, -0.15) is 0 Å². The van der Waals surface area contributed by atoms with Crippen LogP contribution >= 0.6 is 0 Å². The summed E-state index contributed by atoms with van der Waals surface area (Å²) in [7, 11) is 0. The van der Waals surface area contributed by atoms with Gasteiger partial charge in [0.1, 0.15) is 5.78 Å². The molecule has 0 aromatic heterocycles. The van der Waals surface area contributed by atoms with Crippen molar-refractivity contribution in [2.75, 3.05) is 0 Å². The fourth-order valence-corrected chi connectivity index (χ4v) is 2.94. The van der Waals surface area contributed by atoms with Gasteiger partial charge in [-0.15, -0.1) is 0 Å². The van der Waals surface area contributed by atoms with Crippen LogP contribution in [0.1, 0.15) is 33.6 Å². The Morgan fingerprint density at radius 2 is 2.09 bits per heavy atom. The van der Waals surface area contributed by atoms with Crippen molar-refractivity contribution in [1.29, 1.82) is 0 Å². The van der Waals surface area contributed by atoms with Crippen molar-refractivity contribution in [3.05, 3.63) is 0 Å². The molecular formula is C10H16O. The summed E-state index contributed by atoms with van der Waals surface area (Å²) in [5.41, 5.74) is 0.314. The maximum absolute atomic E-state index is 11.5. The summed E-state index contributed by atoms with van der Waals surface area (Å²) in [6.07, 6.45) is 2.11. The Labute approximate surface area is 68.2 Å². The van der Waals surface area contributed by atoms with E-state index < -0.39 is 0 Å². The summed E-state index contributed by atoms with van der Waals surface area (Å²) in [6.45, 7) is 6.68. The molecule has 2 aliphatic carbocycles. The Kier molecular flexibility index (Phi) is 1.25. The molecule has 0 spiro atoms. The zero-order chi connectivity index (χ0) is 8.22. The molecule has 0 amide bonds. The maximum atomic E-state index is 11.5. The molecule has 0 saturated heterocycles. The second kappa shape index (κ2) is 1.88. The van der Waals surface area contributed by atoms with Crippen molar-refractivity contribution in [2.24, 2.45) is 23.2 Å². The van der Waals surface area contributed by atoms with E-state index in [4.69, 9.17) is 0 Å². The van der Waals surface area contributed by atoms with E-state index in [0.717, 1.165) is 6.42 Å². The van der Waals surface area contributed by atoms with Crippen LogP contribution < -0.4 is 0 Å². The van der Waals surface area contributed by atoms with Crippen molar-refractivity contribution in [2.45, 2.75) is 33.6 Å². The van der Waals surface area contributed by atoms with E-state index in [9.17, 15) is 4.79 Å². The minimum atomic E-state index is 0.314. The van der Waals surface area contributed by atoms with E-state index in [-0.39, 0.29) is 0 Å². The number of rotatable bonds is 0. The SMILES string of the molecule is CC1CC2C1C(=O)CC2(C)C. The standard InChI is InChI=1S/C10H16O/c1-6-4-7-9(6)8(11)5-10(7,2)3/h6-7,9H,4-5H2,1-3H3. The third-order valence-corrected chi connectivity index (χ3v) is 3.68. The van der Waals surface area contributed by atoms with Crippen LogP contribution in [0.4, 0.5) is 0 Å². The molecule has 0 bridgehead atoms. The molecule has 3 unspecified atom stereocenters. The fourth-order valence-electron chi connectivity index (χ4n) is 2.94. The number of carbonyl (C=O) groups is 1. The van der Waals surface area contributed by atoms with Gasteiger partial charge in [-0.05, 0) is 23.7 Å². The molecule has 3 atom stereocenters. The molecule has 62 valence electrons. The van der Waals surface area contributed by atoms with Crippen LogP contribution in [0.3, 0.4) is 0 Å². The second-order valence-electron chi connectivity index (χ2n) is 4.98. The molecule has 0 heterocycles. The van der Waals surface area contributed by atoms with E-state index >= 15 is 0 Å². The molecule has 2 aliphatic rings. The molecular weight excluding hydrogens is 136 g/mol. The normalized spacial score (nSPS) is 46.8. The number of carbonyl (C=O) groups excluding carboxylic acids is 1. The largest absolute Gasteiger partial charge is 0.299 e. The quantitative estimate of drug-likeness (QED) is 0.520. The number of hydrogen-bond acceptors (Lipinski definition) is 1. The first kappa shape index (κ1) is 7.33. The topological polar surface area (TPSA) is 17.1 Å². The predicted octanol–water partition coefficient (Wildman–Crippen LogP) is 2.26. The highest BCUT2D eigenvalue weighted by Gasteiger charge is 2.55. The number of fused-ring (bicyclic) bond motifs is 1. The van der Waals surface area contributed by atoms with E-state index in [0.29, 0.717) is 29.0 Å². The Bertz CT molecular complexity index is 205. The summed E-state index contributed by atoms with van der Waals surface area (Å²) in [6, 6.07) is 0. The fraction of sp³-hybridized carbons (Fsp3) is 0.900. The summed E-state index contributed by atoms with van der Waals surface area (Å²) >= 11 is 0. The lowest BCUT2D eigenvalue weighted by Crippen LogP contribution is -2.39. The van der Waals surface area contributed by atoms with E-state index in [2.05, 4.69) is 20.8 Å². The van der Waals surface area contributed by atoms with Crippen LogP contribution in [0.25, 0.3) is 0 Å². The van der Waals surface area contributed by atoms with Gasteiger partial charge < -0.3 is 0 Å². The first-order valence-corrected chi connectivity index (χ1v) is 4.55. The molecule has 0 aromatic carbocycles. The predicted molar refractivity (Wildman–Crippen MR) is 44.2 cm³/mol. The van der Waals surface area contributed by atoms with E-state index in [1.807, 2.05) is 0 Å². The van der Waals surface area contributed by atoms with Crippen molar-refractivity contribution < 1.29 is 4.79 Å². The summed E-state index contributed by atoms with van der Waals surface area (Å²) in [4.78, 5) is 11.5. The van der Waals surface area contributed by atoms with Crippen LogP contribution in [0, 0.1) is 23.2 Å². The van der Waals surface area contributed by atoms with Crippen molar-refractivity contribution >= 4 is 5.78 Å². The zero-order valence-corrected chi connectivity index (χ0v) is 7.55. The van der Waals surface area contributed by atoms with Gasteiger partial charge in [0.2, 0.25) is 0 Å². The average Bonchev–Trinajstić information content (AvgIpc) is 1.96. The third-order valence-electron chi connectivity index (χ3n) is 3.68. The van der Waals surface area contributed by atoms with Gasteiger partial charge in [-0.3, -0.25) is 4.79 Å². The Hall–Kier alpha value is -0.330. The van der Waals surface area contributed by atoms with Crippen LogP contribution in [0.5, 0.6) is 0 Å². The Balaban J connectivity index is 2.23. The van der Waals surface area contributed by atoms with Crippen LogP contribution in [-0.2, 0) is 4.79 Å². The van der Waals surface area contributed by atoms with Crippen molar-refractivity contribution in [3.8, 4) is 0 Å². The van der Waals surface area contributed by atoms with Gasteiger partial charge in [0, 0.05) is 12.3 Å². The van der Waals surface area contributed by atoms with E-state index in [1.165, 1.54) is 6.42 Å². The van der Waals surface area contributed by atoms with Gasteiger partial charge in [-0.25, -0.2) is 0 Å².